The van der Waals surface area contributed by atoms with Crippen molar-refractivity contribution >= 4 is 45.7 Å². The van der Waals surface area contributed by atoms with Gasteiger partial charge in [-0.2, -0.15) is 0 Å². The highest BCUT2D eigenvalue weighted by atomic mass is 35.5. The van der Waals surface area contributed by atoms with Crippen molar-refractivity contribution in [2.24, 2.45) is 5.41 Å². The van der Waals surface area contributed by atoms with Gasteiger partial charge in [0.15, 0.2) is 16.1 Å². The number of hydrogen-bond donors (Lipinski definition) is 1. The predicted octanol–water partition coefficient (Wildman–Crippen LogP) is 5.21. The summed E-state index contributed by atoms with van der Waals surface area (Å²) in [6.45, 7) is 4.83. The van der Waals surface area contributed by atoms with Crippen molar-refractivity contribution < 1.29 is 23.8 Å². The minimum Gasteiger partial charge on any atom is -0.459 e. The SMILES string of the molecule is CCCCCOC[C@@H]1C[C@]2(C[C@](C)(c3csc(Nc4ccccc4Cl)n3)OC2=O)C(=O)O1. The highest BCUT2D eigenvalue weighted by molar-refractivity contribution is 7.13. The lowest BCUT2D eigenvalue weighted by Gasteiger charge is -2.20. The number of anilines is 2. The number of esters is 2. The van der Waals surface area contributed by atoms with Crippen molar-refractivity contribution in [1.29, 1.82) is 0 Å². The maximum atomic E-state index is 12.9. The third-order valence-electron chi connectivity index (χ3n) is 5.95. The molecule has 0 saturated carbocycles. The van der Waals surface area contributed by atoms with Crippen LogP contribution in [0.15, 0.2) is 29.6 Å². The van der Waals surface area contributed by atoms with E-state index in [-0.39, 0.29) is 12.8 Å². The molecule has 9 heteroatoms. The average molecular weight is 479 g/mol. The lowest BCUT2D eigenvalue weighted by molar-refractivity contribution is -0.160. The first-order chi connectivity index (χ1) is 15.4. The smallest absolute Gasteiger partial charge is 0.324 e. The number of nitrogens with zero attached hydrogens (tertiary/aromatic N) is 1. The van der Waals surface area contributed by atoms with E-state index in [9.17, 15) is 9.59 Å². The van der Waals surface area contributed by atoms with Crippen LogP contribution in [0, 0.1) is 5.41 Å². The van der Waals surface area contributed by atoms with Crippen LogP contribution in [0.5, 0.6) is 0 Å². The molecule has 2 aliphatic heterocycles. The zero-order valence-corrected chi connectivity index (χ0v) is 19.8. The Hall–Kier alpha value is -2.16. The van der Waals surface area contributed by atoms with Crippen LogP contribution in [0.2, 0.25) is 5.02 Å². The highest BCUT2D eigenvalue weighted by Crippen LogP contribution is 2.52. The van der Waals surface area contributed by atoms with Crippen LogP contribution in [0.3, 0.4) is 0 Å². The molecule has 3 atom stereocenters. The van der Waals surface area contributed by atoms with Crippen LogP contribution in [0.25, 0.3) is 0 Å². The van der Waals surface area contributed by atoms with Crippen molar-refractivity contribution in [2.75, 3.05) is 18.5 Å². The number of rotatable bonds is 9. The molecule has 172 valence electrons. The Labute approximate surface area is 196 Å². The summed E-state index contributed by atoms with van der Waals surface area (Å²) in [6.07, 6.45) is 3.20. The summed E-state index contributed by atoms with van der Waals surface area (Å²) < 4.78 is 16.9. The van der Waals surface area contributed by atoms with Gasteiger partial charge >= 0.3 is 11.9 Å². The van der Waals surface area contributed by atoms with Crippen molar-refractivity contribution in [1.82, 2.24) is 4.98 Å². The van der Waals surface area contributed by atoms with Crippen LogP contribution >= 0.6 is 22.9 Å². The monoisotopic (exact) mass is 478 g/mol. The minimum absolute atomic E-state index is 0.194. The van der Waals surface area contributed by atoms with Gasteiger partial charge in [-0.15, -0.1) is 11.3 Å². The number of nitrogens with one attached hydrogen (secondary N) is 1. The molecule has 1 aromatic heterocycles. The molecule has 0 radical (unpaired) electrons. The van der Waals surface area contributed by atoms with Gasteiger partial charge in [-0.3, -0.25) is 9.59 Å². The summed E-state index contributed by atoms with van der Waals surface area (Å²) in [5.41, 5.74) is -0.980. The fourth-order valence-electron chi connectivity index (χ4n) is 4.23. The van der Waals surface area contributed by atoms with Gasteiger partial charge in [0.25, 0.3) is 0 Å². The molecule has 0 unspecified atom stereocenters. The molecule has 0 aliphatic carbocycles. The van der Waals surface area contributed by atoms with Crippen molar-refractivity contribution in [3.8, 4) is 0 Å². The van der Waals surface area contributed by atoms with E-state index in [0.717, 1.165) is 24.9 Å². The van der Waals surface area contributed by atoms with E-state index in [1.807, 2.05) is 23.6 Å². The van der Waals surface area contributed by atoms with E-state index in [2.05, 4.69) is 17.2 Å². The number of thiazole rings is 1. The molecule has 3 heterocycles. The number of carbonyl (C=O) groups is 2. The van der Waals surface area contributed by atoms with Gasteiger partial charge in [-0.25, -0.2) is 4.98 Å². The van der Waals surface area contributed by atoms with Gasteiger partial charge in [0, 0.05) is 24.8 Å². The van der Waals surface area contributed by atoms with Crippen LogP contribution < -0.4 is 5.32 Å². The summed E-state index contributed by atoms with van der Waals surface area (Å²) in [4.78, 5) is 30.2. The van der Waals surface area contributed by atoms with E-state index in [0.29, 0.717) is 29.1 Å². The molecular formula is C23H27ClN2O5S. The second kappa shape index (κ2) is 9.37. The third kappa shape index (κ3) is 4.49. The maximum Gasteiger partial charge on any atom is 0.324 e. The number of cyclic esters (lactones) is 2. The average Bonchev–Trinajstić information content (AvgIpc) is 3.42. The normalized spacial score (nSPS) is 27.0. The molecule has 0 bridgehead atoms. The number of benzene rings is 1. The van der Waals surface area contributed by atoms with Gasteiger partial charge in [0.1, 0.15) is 6.10 Å². The molecule has 2 aromatic rings. The fourth-order valence-corrected chi connectivity index (χ4v) is 5.26. The Morgan fingerprint density at radius 1 is 1.28 bits per heavy atom. The van der Waals surface area contributed by atoms with Gasteiger partial charge in [0.05, 0.1) is 23.0 Å². The standard InChI is InChI=1S/C23H27ClN2O5S/c1-3-4-7-10-29-12-15-11-23(19(27)30-15)14-22(2,31-20(23)28)18-13-32-21(26-18)25-17-9-6-5-8-16(17)24/h5-6,8-9,13,15H,3-4,7,10-12,14H2,1-2H3,(H,25,26)/t15-,22+,23-/m0/s1. The molecule has 1 aromatic carbocycles. The van der Waals surface area contributed by atoms with E-state index in [4.69, 9.17) is 25.8 Å². The topological polar surface area (TPSA) is 86.8 Å². The Kier molecular flexibility index (Phi) is 6.74. The predicted molar refractivity (Wildman–Crippen MR) is 122 cm³/mol. The summed E-state index contributed by atoms with van der Waals surface area (Å²) >= 11 is 7.59. The minimum atomic E-state index is -1.30. The molecular weight excluding hydrogens is 452 g/mol. The van der Waals surface area contributed by atoms with Crippen molar-refractivity contribution in [3.63, 3.8) is 0 Å². The molecule has 32 heavy (non-hydrogen) atoms. The van der Waals surface area contributed by atoms with Crippen molar-refractivity contribution in [3.05, 3.63) is 40.4 Å². The first-order valence-electron chi connectivity index (χ1n) is 10.9. The Morgan fingerprint density at radius 2 is 2.09 bits per heavy atom. The number of ether oxygens (including phenoxy) is 3. The number of hydrogen-bond acceptors (Lipinski definition) is 8. The first-order valence-corrected chi connectivity index (χ1v) is 12.1. The van der Waals surface area contributed by atoms with Gasteiger partial charge < -0.3 is 19.5 Å². The number of carbonyl (C=O) groups excluding carboxylic acids is 2. The Balaban J connectivity index is 1.43. The van der Waals surface area contributed by atoms with Crippen LogP contribution in [-0.2, 0) is 29.4 Å². The van der Waals surface area contributed by atoms with Gasteiger partial charge in [-0.05, 0) is 25.5 Å². The molecule has 1 spiro atoms. The summed E-state index contributed by atoms with van der Waals surface area (Å²) in [5, 5.41) is 6.22. The Morgan fingerprint density at radius 3 is 2.88 bits per heavy atom. The van der Waals surface area contributed by atoms with E-state index in [1.54, 1.807) is 13.0 Å². The molecule has 2 fully saturated rings. The second-order valence-corrected chi connectivity index (χ2v) is 9.80. The summed E-state index contributed by atoms with van der Waals surface area (Å²) in [7, 11) is 0. The molecule has 4 rings (SSSR count). The lowest BCUT2D eigenvalue weighted by atomic mass is 9.78. The Bertz CT molecular complexity index is 998. The second-order valence-electron chi connectivity index (χ2n) is 8.54. The molecule has 2 aliphatic rings. The fraction of sp³-hybridized carbons (Fsp3) is 0.522. The maximum absolute atomic E-state index is 12.9. The van der Waals surface area contributed by atoms with E-state index < -0.39 is 29.1 Å². The summed E-state index contributed by atoms with van der Waals surface area (Å²) in [5.74, 6) is -1.08. The summed E-state index contributed by atoms with van der Waals surface area (Å²) in [6, 6.07) is 7.37. The van der Waals surface area contributed by atoms with Gasteiger partial charge in [0.2, 0.25) is 0 Å². The molecule has 0 amide bonds. The third-order valence-corrected chi connectivity index (χ3v) is 7.03. The zero-order valence-electron chi connectivity index (χ0n) is 18.2. The molecule has 7 nitrogen and oxygen atoms in total. The van der Waals surface area contributed by atoms with Crippen molar-refractivity contribution in [2.45, 2.75) is 57.7 Å². The van der Waals surface area contributed by atoms with Crippen LogP contribution in [0.1, 0.15) is 51.6 Å². The molecule has 2 saturated heterocycles. The first kappa shape index (κ1) is 23.0. The van der Waals surface area contributed by atoms with Crippen LogP contribution in [0.4, 0.5) is 10.8 Å². The molecule has 1 N–H and O–H groups in total. The lowest BCUT2D eigenvalue weighted by Crippen LogP contribution is -2.32. The zero-order chi connectivity index (χ0) is 22.8. The number of halogens is 1. The van der Waals surface area contributed by atoms with E-state index in [1.165, 1.54) is 11.3 Å². The number of aromatic nitrogens is 1. The number of para-hydroxylation sites is 1. The quantitative estimate of drug-likeness (QED) is 0.300. The van der Waals surface area contributed by atoms with E-state index >= 15 is 0 Å². The largest absolute Gasteiger partial charge is 0.459 e. The van der Waals surface area contributed by atoms with Crippen LogP contribution in [-0.4, -0.2) is 36.2 Å². The number of unbranched alkanes of at least 4 members (excludes halogenated alkanes) is 2. The van der Waals surface area contributed by atoms with Gasteiger partial charge in [-0.1, -0.05) is 43.5 Å². The highest BCUT2D eigenvalue weighted by Gasteiger charge is 2.65.